The lowest BCUT2D eigenvalue weighted by Crippen LogP contribution is -2.09. The zero-order chi connectivity index (χ0) is 13.0. The van der Waals surface area contributed by atoms with Gasteiger partial charge in [0.15, 0.2) is 0 Å². The van der Waals surface area contributed by atoms with Crippen LogP contribution in [0.25, 0.3) is 0 Å². The van der Waals surface area contributed by atoms with Crippen molar-refractivity contribution in [2.75, 3.05) is 11.9 Å². The standard InChI is InChI=1S/C12H11ClN2O2S/c13-8-2-1-3-9(11(8)12(16)17)14-5-4-10-15-6-7-18-10/h1-3,6-7,14H,4-5H2,(H,16,17). The monoisotopic (exact) mass is 282 g/mol. The predicted molar refractivity (Wildman–Crippen MR) is 72.7 cm³/mol. The van der Waals surface area contributed by atoms with Gasteiger partial charge in [-0.3, -0.25) is 0 Å². The van der Waals surface area contributed by atoms with E-state index in [2.05, 4.69) is 10.3 Å². The number of hydrogen-bond donors (Lipinski definition) is 2. The molecule has 6 heteroatoms. The van der Waals surface area contributed by atoms with Gasteiger partial charge >= 0.3 is 5.97 Å². The summed E-state index contributed by atoms with van der Waals surface area (Å²) in [6, 6.07) is 4.99. The minimum Gasteiger partial charge on any atom is -0.478 e. The minimum atomic E-state index is -1.03. The van der Waals surface area contributed by atoms with E-state index in [1.807, 2.05) is 5.38 Å². The SMILES string of the molecule is O=C(O)c1c(Cl)cccc1NCCc1nccs1. The molecule has 0 bridgehead atoms. The van der Waals surface area contributed by atoms with Gasteiger partial charge in [0.25, 0.3) is 0 Å². The fraction of sp³-hybridized carbons (Fsp3) is 0.167. The van der Waals surface area contributed by atoms with E-state index < -0.39 is 5.97 Å². The molecule has 2 N–H and O–H groups in total. The highest BCUT2D eigenvalue weighted by atomic mass is 35.5. The Hall–Kier alpha value is -1.59. The quantitative estimate of drug-likeness (QED) is 0.884. The Labute approximate surface area is 113 Å². The summed E-state index contributed by atoms with van der Waals surface area (Å²) >= 11 is 7.45. The third-order valence-electron chi connectivity index (χ3n) is 2.37. The number of hydrogen-bond acceptors (Lipinski definition) is 4. The van der Waals surface area contributed by atoms with Crippen molar-refractivity contribution < 1.29 is 9.90 Å². The van der Waals surface area contributed by atoms with Crippen molar-refractivity contribution in [1.82, 2.24) is 4.98 Å². The molecular weight excluding hydrogens is 272 g/mol. The zero-order valence-electron chi connectivity index (χ0n) is 9.39. The number of aromatic carboxylic acids is 1. The zero-order valence-corrected chi connectivity index (χ0v) is 11.0. The summed E-state index contributed by atoms with van der Waals surface area (Å²) < 4.78 is 0. The molecule has 0 spiro atoms. The van der Waals surface area contributed by atoms with Crippen LogP contribution in [0.1, 0.15) is 15.4 Å². The fourth-order valence-corrected chi connectivity index (χ4v) is 2.45. The van der Waals surface area contributed by atoms with Crippen molar-refractivity contribution >= 4 is 34.6 Å². The van der Waals surface area contributed by atoms with Gasteiger partial charge in [0.2, 0.25) is 0 Å². The largest absolute Gasteiger partial charge is 0.478 e. The number of aromatic nitrogens is 1. The van der Waals surface area contributed by atoms with Gasteiger partial charge in [-0.25, -0.2) is 9.78 Å². The van der Waals surface area contributed by atoms with E-state index in [4.69, 9.17) is 16.7 Å². The molecule has 0 saturated carbocycles. The maximum atomic E-state index is 11.1. The van der Waals surface area contributed by atoms with E-state index >= 15 is 0 Å². The molecule has 0 radical (unpaired) electrons. The molecule has 94 valence electrons. The van der Waals surface area contributed by atoms with Crippen LogP contribution in [0.4, 0.5) is 5.69 Å². The van der Waals surface area contributed by atoms with E-state index in [1.54, 1.807) is 35.7 Å². The lowest BCUT2D eigenvalue weighted by Gasteiger charge is -2.09. The lowest BCUT2D eigenvalue weighted by molar-refractivity contribution is 0.0698. The first-order chi connectivity index (χ1) is 8.68. The van der Waals surface area contributed by atoms with Gasteiger partial charge in [-0.15, -0.1) is 11.3 Å². The van der Waals surface area contributed by atoms with E-state index in [9.17, 15) is 4.79 Å². The molecule has 0 unspecified atom stereocenters. The topological polar surface area (TPSA) is 62.2 Å². The number of carboxylic acids is 1. The van der Waals surface area contributed by atoms with Crippen LogP contribution in [0.5, 0.6) is 0 Å². The molecule has 0 aliphatic rings. The maximum Gasteiger partial charge on any atom is 0.339 e. The summed E-state index contributed by atoms with van der Waals surface area (Å²) in [5.41, 5.74) is 0.643. The Bertz CT molecular complexity index is 543. The number of carboxylic acid groups (broad SMARTS) is 1. The molecule has 18 heavy (non-hydrogen) atoms. The highest BCUT2D eigenvalue weighted by molar-refractivity contribution is 7.09. The molecule has 0 aliphatic heterocycles. The first-order valence-corrected chi connectivity index (χ1v) is 6.58. The van der Waals surface area contributed by atoms with Crippen LogP contribution in [0.3, 0.4) is 0 Å². The van der Waals surface area contributed by atoms with Crippen LogP contribution in [0.2, 0.25) is 5.02 Å². The number of rotatable bonds is 5. The highest BCUT2D eigenvalue weighted by Gasteiger charge is 2.13. The summed E-state index contributed by atoms with van der Waals surface area (Å²) in [6.45, 7) is 0.619. The van der Waals surface area contributed by atoms with Crippen molar-refractivity contribution in [3.63, 3.8) is 0 Å². The lowest BCUT2D eigenvalue weighted by atomic mass is 10.1. The highest BCUT2D eigenvalue weighted by Crippen LogP contribution is 2.24. The summed E-state index contributed by atoms with van der Waals surface area (Å²) in [6.07, 6.45) is 2.51. The van der Waals surface area contributed by atoms with Gasteiger partial charge in [0, 0.05) is 24.5 Å². The molecule has 0 atom stereocenters. The number of nitrogens with zero attached hydrogens (tertiary/aromatic N) is 1. The number of carbonyl (C=O) groups is 1. The maximum absolute atomic E-state index is 11.1. The molecule has 1 heterocycles. The number of benzene rings is 1. The number of halogens is 1. The van der Waals surface area contributed by atoms with E-state index in [1.165, 1.54) is 0 Å². The first kappa shape index (κ1) is 12.9. The van der Waals surface area contributed by atoms with Gasteiger partial charge < -0.3 is 10.4 Å². The molecular formula is C12H11ClN2O2S. The second kappa shape index (κ2) is 5.84. The van der Waals surface area contributed by atoms with Gasteiger partial charge in [0.1, 0.15) is 5.56 Å². The number of thiazole rings is 1. The molecule has 4 nitrogen and oxygen atoms in total. The van der Waals surface area contributed by atoms with Crippen molar-refractivity contribution in [3.8, 4) is 0 Å². The van der Waals surface area contributed by atoms with Crippen molar-refractivity contribution in [2.24, 2.45) is 0 Å². The predicted octanol–water partition coefficient (Wildman–Crippen LogP) is 3.15. The van der Waals surface area contributed by atoms with Crippen LogP contribution in [0, 0.1) is 0 Å². The first-order valence-electron chi connectivity index (χ1n) is 5.32. The van der Waals surface area contributed by atoms with Crippen LogP contribution in [-0.2, 0) is 6.42 Å². The van der Waals surface area contributed by atoms with E-state index in [-0.39, 0.29) is 10.6 Å². The third kappa shape index (κ3) is 3.00. The van der Waals surface area contributed by atoms with Crippen LogP contribution in [0.15, 0.2) is 29.8 Å². The van der Waals surface area contributed by atoms with Gasteiger partial charge in [0.05, 0.1) is 15.7 Å². The summed E-state index contributed by atoms with van der Waals surface area (Å²) in [5.74, 6) is -1.03. The van der Waals surface area contributed by atoms with E-state index in [0.29, 0.717) is 12.2 Å². The smallest absolute Gasteiger partial charge is 0.339 e. The Balaban J connectivity index is 2.05. The van der Waals surface area contributed by atoms with E-state index in [0.717, 1.165) is 11.4 Å². The average molecular weight is 283 g/mol. The van der Waals surface area contributed by atoms with Crippen LogP contribution in [-0.4, -0.2) is 22.6 Å². The summed E-state index contributed by atoms with van der Waals surface area (Å²) in [4.78, 5) is 15.3. The van der Waals surface area contributed by atoms with Crippen LogP contribution < -0.4 is 5.32 Å². The Morgan fingerprint density at radius 1 is 1.50 bits per heavy atom. The van der Waals surface area contributed by atoms with Gasteiger partial charge in [-0.1, -0.05) is 17.7 Å². The van der Waals surface area contributed by atoms with Gasteiger partial charge in [-0.2, -0.15) is 0 Å². The molecule has 0 saturated heterocycles. The molecule has 1 aromatic heterocycles. The van der Waals surface area contributed by atoms with Crippen LogP contribution >= 0.6 is 22.9 Å². The fourth-order valence-electron chi connectivity index (χ4n) is 1.57. The average Bonchev–Trinajstić information content (AvgIpc) is 2.81. The summed E-state index contributed by atoms with van der Waals surface area (Å²) in [5, 5.41) is 15.3. The molecule has 1 aromatic carbocycles. The minimum absolute atomic E-state index is 0.110. The Morgan fingerprint density at radius 3 is 3.00 bits per heavy atom. The van der Waals surface area contributed by atoms with Crippen molar-refractivity contribution in [1.29, 1.82) is 0 Å². The van der Waals surface area contributed by atoms with Crippen molar-refractivity contribution in [2.45, 2.75) is 6.42 Å². The number of anilines is 1. The van der Waals surface area contributed by atoms with Crippen molar-refractivity contribution in [3.05, 3.63) is 45.4 Å². The molecule has 0 amide bonds. The second-order valence-corrected chi connectivity index (χ2v) is 4.96. The third-order valence-corrected chi connectivity index (χ3v) is 3.52. The number of nitrogens with one attached hydrogen (secondary N) is 1. The molecule has 0 aliphatic carbocycles. The van der Waals surface area contributed by atoms with Gasteiger partial charge in [-0.05, 0) is 12.1 Å². The molecule has 2 rings (SSSR count). The molecule has 0 fully saturated rings. The summed E-state index contributed by atoms with van der Waals surface area (Å²) in [7, 11) is 0. The second-order valence-electron chi connectivity index (χ2n) is 3.57. The normalized spacial score (nSPS) is 10.3. The molecule has 2 aromatic rings. The Morgan fingerprint density at radius 2 is 2.33 bits per heavy atom. The Kier molecular flexibility index (Phi) is 4.17.